The van der Waals surface area contributed by atoms with Gasteiger partial charge in [0.05, 0.1) is 41.9 Å². The number of halogens is 4. The molecule has 0 atom stereocenters. The van der Waals surface area contributed by atoms with Crippen LogP contribution in [0.5, 0.6) is 5.88 Å². The summed E-state index contributed by atoms with van der Waals surface area (Å²) in [6, 6.07) is 52.0. The minimum atomic E-state index is -0.471. The summed E-state index contributed by atoms with van der Waals surface area (Å²) in [4.78, 5) is 90.2. The lowest BCUT2D eigenvalue weighted by molar-refractivity contribution is -0.0758. The van der Waals surface area contributed by atoms with E-state index < -0.39 is 5.91 Å². The van der Waals surface area contributed by atoms with Gasteiger partial charge in [-0.15, -0.1) is 0 Å². The number of hydroxylamine groups is 2. The molecule has 11 rings (SSSR count). The zero-order chi connectivity index (χ0) is 58.0. The number of hydrogen-bond donors (Lipinski definition) is 0. The number of pyridine rings is 5. The molecule has 0 aliphatic carbocycles. The second-order valence-corrected chi connectivity index (χ2v) is 21.7. The monoisotopic (exact) mass is 1300 g/mol. The summed E-state index contributed by atoms with van der Waals surface area (Å²) >= 11 is 16.2. The molecule has 0 aliphatic rings. The number of nitrogens with zero attached hydrogens (tertiary/aromatic N) is 6. The predicted molar refractivity (Wildman–Crippen MR) is 330 cm³/mol. The first-order chi connectivity index (χ1) is 39.6. The Bertz CT molecular complexity index is 4400. The maximum absolute atomic E-state index is 13.1. The van der Waals surface area contributed by atoms with Gasteiger partial charge in [0.15, 0.2) is 11.6 Å². The molecule has 410 valence electrons. The van der Waals surface area contributed by atoms with E-state index in [9.17, 15) is 28.8 Å². The highest BCUT2D eigenvalue weighted by atomic mass is 79.9. The van der Waals surface area contributed by atoms with Gasteiger partial charge in [-0.1, -0.05) is 132 Å². The first kappa shape index (κ1) is 58.2. The summed E-state index contributed by atoms with van der Waals surface area (Å²) in [6.07, 6.45) is 7.68. The number of amides is 1. The highest BCUT2D eigenvalue weighted by Crippen LogP contribution is 2.23. The van der Waals surface area contributed by atoms with E-state index in [0.717, 1.165) is 51.7 Å². The molecule has 11 aromatic rings. The Balaban J connectivity index is 0.000000149. The second kappa shape index (κ2) is 26.4. The Labute approximate surface area is 500 Å². The molecule has 6 aromatic carbocycles. The SMILES string of the molecule is CON(C)C(=O)c1cn(Cc2cccc(Br)c2)c2ccccc2c1=O.COc1ccc(C(=O)c2cn(Cc3cccc(Br)c3)c3ccccc3c2=O)cn1.O=C(c1ccc(Cl)nc1)c1cn(Cc2cccc(Br)c2)c2ccccc2c1=O. The van der Waals surface area contributed by atoms with E-state index in [1.807, 2.05) is 123 Å². The molecule has 0 fully saturated rings. The van der Waals surface area contributed by atoms with Gasteiger partial charge in [0.1, 0.15) is 10.7 Å². The van der Waals surface area contributed by atoms with Crippen LogP contribution < -0.4 is 21.0 Å². The van der Waals surface area contributed by atoms with Crippen LogP contribution in [0.25, 0.3) is 32.7 Å². The highest BCUT2D eigenvalue weighted by Gasteiger charge is 2.21. The van der Waals surface area contributed by atoms with E-state index in [0.29, 0.717) is 58.0 Å². The van der Waals surface area contributed by atoms with Crippen molar-refractivity contribution in [1.29, 1.82) is 0 Å². The van der Waals surface area contributed by atoms with Crippen LogP contribution in [0, 0.1) is 0 Å². The van der Waals surface area contributed by atoms with Gasteiger partial charge in [-0.2, -0.15) is 0 Å². The lowest BCUT2D eigenvalue weighted by Crippen LogP contribution is -2.31. The van der Waals surface area contributed by atoms with Gasteiger partial charge in [-0.3, -0.25) is 33.6 Å². The molecule has 0 bridgehead atoms. The number of carbonyl (C=O) groups is 3. The average molecular weight is 1300 g/mol. The van der Waals surface area contributed by atoms with Crippen LogP contribution in [-0.4, -0.2) is 67.5 Å². The Morgan fingerprint density at radius 3 is 1.22 bits per heavy atom. The van der Waals surface area contributed by atoms with E-state index in [-0.39, 0.29) is 44.5 Å². The molecule has 0 spiro atoms. The third kappa shape index (κ3) is 13.5. The number of para-hydroxylation sites is 3. The fraction of sp³-hybridized carbons (Fsp3) is 0.0938. The third-order valence-electron chi connectivity index (χ3n) is 13.2. The normalized spacial score (nSPS) is 10.9. The smallest absolute Gasteiger partial charge is 0.282 e. The van der Waals surface area contributed by atoms with Crippen molar-refractivity contribution in [2.24, 2.45) is 0 Å². The van der Waals surface area contributed by atoms with Crippen molar-refractivity contribution in [3.8, 4) is 5.88 Å². The molecule has 0 radical (unpaired) electrons. The molecule has 0 saturated carbocycles. The number of rotatable bonds is 13. The maximum Gasteiger partial charge on any atom is 0.282 e. The van der Waals surface area contributed by atoms with Gasteiger partial charge < -0.3 is 18.4 Å². The van der Waals surface area contributed by atoms with Crippen LogP contribution in [0.15, 0.2) is 229 Å². The third-order valence-corrected chi connectivity index (χ3v) is 14.9. The standard InChI is InChI=1S/C23H17BrN2O3.C22H14BrClN2O2.C19H17BrN2O3/c1-29-21-10-9-16(12-25-21)22(27)19-14-26(13-15-5-4-6-17(24)11-15)20-8-3-2-7-18(20)23(19)28;23-16-5-3-4-14(10-16)12-26-13-18(21(27)15-8-9-20(24)25-11-15)22(28)17-6-1-2-7-19(17)26;1-21(25-2)19(24)16-12-22(11-13-6-5-7-14(20)10-13)17-9-4-3-8-15(17)18(16)23/h2-12,14H,13H2,1H3;1-11,13H,12H2;3-10,12H,11H2,1-2H3. The Hall–Kier alpha value is -8.45. The van der Waals surface area contributed by atoms with Crippen LogP contribution in [0.3, 0.4) is 0 Å². The van der Waals surface area contributed by atoms with Crippen molar-refractivity contribution in [1.82, 2.24) is 28.7 Å². The van der Waals surface area contributed by atoms with Crippen molar-refractivity contribution < 1.29 is 24.0 Å². The van der Waals surface area contributed by atoms with E-state index in [2.05, 4.69) is 57.8 Å². The van der Waals surface area contributed by atoms with E-state index >= 15 is 0 Å². The summed E-state index contributed by atoms with van der Waals surface area (Å²) in [6.45, 7) is 1.60. The number of ether oxygens (including phenoxy) is 1. The average Bonchev–Trinajstić information content (AvgIpc) is 3.55. The maximum atomic E-state index is 13.1. The quantitative estimate of drug-likeness (QED) is 0.0616. The van der Waals surface area contributed by atoms with E-state index in [4.69, 9.17) is 21.2 Å². The van der Waals surface area contributed by atoms with E-state index in [1.165, 1.54) is 39.7 Å². The zero-order valence-electron chi connectivity index (χ0n) is 44.1. The molecule has 5 heterocycles. The summed E-state index contributed by atoms with van der Waals surface area (Å²) < 4.78 is 13.7. The largest absolute Gasteiger partial charge is 0.481 e. The van der Waals surface area contributed by atoms with Gasteiger partial charge in [-0.25, -0.2) is 15.0 Å². The molecule has 0 N–H and O–H groups in total. The lowest BCUT2D eigenvalue weighted by atomic mass is 10.0. The Morgan fingerprint density at radius 1 is 0.488 bits per heavy atom. The van der Waals surface area contributed by atoms with Crippen LogP contribution in [0.2, 0.25) is 5.15 Å². The van der Waals surface area contributed by atoms with Crippen molar-refractivity contribution in [2.45, 2.75) is 19.6 Å². The summed E-state index contributed by atoms with van der Waals surface area (Å²) in [7, 11) is 4.38. The lowest BCUT2D eigenvalue weighted by Gasteiger charge is -2.17. The fourth-order valence-electron chi connectivity index (χ4n) is 9.11. The van der Waals surface area contributed by atoms with Gasteiger partial charge in [0.2, 0.25) is 22.2 Å². The molecule has 1 amide bonds. The van der Waals surface area contributed by atoms with Crippen molar-refractivity contribution in [3.63, 3.8) is 0 Å². The number of methoxy groups -OCH3 is 1. The zero-order valence-corrected chi connectivity index (χ0v) is 49.6. The first-order valence-corrected chi connectivity index (χ1v) is 28.0. The molecule has 14 nitrogen and oxygen atoms in total. The van der Waals surface area contributed by atoms with Gasteiger partial charge in [0, 0.05) is 104 Å². The van der Waals surface area contributed by atoms with Crippen molar-refractivity contribution in [3.05, 3.63) is 295 Å². The van der Waals surface area contributed by atoms with Crippen LogP contribution in [0.4, 0.5) is 0 Å². The van der Waals surface area contributed by atoms with Gasteiger partial charge >= 0.3 is 0 Å². The summed E-state index contributed by atoms with van der Waals surface area (Å²) in [5.41, 5.74) is 5.60. The molecule has 0 saturated heterocycles. The van der Waals surface area contributed by atoms with Crippen molar-refractivity contribution in [2.75, 3.05) is 21.3 Å². The molecule has 0 aliphatic heterocycles. The first-order valence-electron chi connectivity index (χ1n) is 25.2. The number of carbonyl (C=O) groups excluding carboxylic acids is 3. The van der Waals surface area contributed by atoms with E-state index in [1.54, 1.807) is 73.2 Å². The van der Waals surface area contributed by atoms with Gasteiger partial charge in [-0.05, 0) is 108 Å². The number of ketones is 2. The molecule has 0 unspecified atom stereocenters. The Kier molecular flexibility index (Phi) is 18.8. The molecule has 5 aromatic heterocycles. The molecule has 82 heavy (non-hydrogen) atoms. The van der Waals surface area contributed by atoms with Crippen molar-refractivity contribution >= 4 is 110 Å². The number of fused-ring (bicyclic) bond motifs is 3. The molecular weight excluding hydrogens is 1260 g/mol. The van der Waals surface area contributed by atoms with Crippen LogP contribution >= 0.6 is 59.4 Å². The fourth-order valence-corrected chi connectivity index (χ4v) is 10.6. The topological polar surface area (TPSA) is 165 Å². The van der Waals surface area contributed by atoms with Crippen LogP contribution in [-0.2, 0) is 24.5 Å². The van der Waals surface area contributed by atoms with Gasteiger partial charge in [0.25, 0.3) is 5.91 Å². The minimum Gasteiger partial charge on any atom is -0.481 e. The molecular formula is C64H48Br3ClN6O8. The summed E-state index contributed by atoms with van der Waals surface area (Å²) in [5, 5.41) is 2.87. The highest BCUT2D eigenvalue weighted by molar-refractivity contribution is 9.11. The Morgan fingerprint density at radius 2 is 0.866 bits per heavy atom. The number of aromatic nitrogens is 5. The molecule has 18 heteroatoms. The predicted octanol–water partition coefficient (Wildman–Crippen LogP) is 13.0. The minimum absolute atomic E-state index is 0.0815. The number of hydrogen-bond acceptors (Lipinski definition) is 10. The second-order valence-electron chi connectivity index (χ2n) is 18.5. The number of benzene rings is 6. The van der Waals surface area contributed by atoms with Crippen LogP contribution in [0.1, 0.15) is 58.9 Å². The summed E-state index contributed by atoms with van der Waals surface area (Å²) in [5.74, 6) is -0.796.